The summed E-state index contributed by atoms with van der Waals surface area (Å²) in [6.45, 7) is 0.730. The zero-order chi connectivity index (χ0) is 17.8. The third-order valence-corrected chi connectivity index (χ3v) is 4.57. The van der Waals surface area contributed by atoms with Crippen molar-refractivity contribution < 1.29 is 19.1 Å². The Kier molecular flexibility index (Phi) is 5.03. The Morgan fingerprint density at radius 3 is 2.20 bits per heavy atom. The van der Waals surface area contributed by atoms with Crippen molar-refractivity contribution >= 4 is 11.9 Å². The molecule has 0 N–H and O–H groups in total. The molecule has 1 heterocycles. The van der Waals surface area contributed by atoms with Gasteiger partial charge >= 0.3 is 5.97 Å². The van der Waals surface area contributed by atoms with E-state index >= 15 is 0 Å². The molecular weight excluding hydrogens is 318 g/mol. The third kappa shape index (κ3) is 3.50. The predicted octanol–water partition coefficient (Wildman–Crippen LogP) is 3.46. The number of ether oxygens (including phenoxy) is 2. The molecule has 1 aliphatic rings. The van der Waals surface area contributed by atoms with Gasteiger partial charge in [0.05, 0.1) is 25.8 Å². The molecule has 0 aliphatic carbocycles. The van der Waals surface area contributed by atoms with E-state index in [1.54, 1.807) is 31.4 Å². The molecule has 5 nitrogen and oxygen atoms in total. The molecule has 2 aromatic rings. The molecular formula is C20H21NO4. The van der Waals surface area contributed by atoms with Crippen molar-refractivity contribution in [1.29, 1.82) is 0 Å². The maximum Gasteiger partial charge on any atom is 0.337 e. The van der Waals surface area contributed by atoms with Gasteiger partial charge in [0.2, 0.25) is 0 Å². The second kappa shape index (κ2) is 7.38. The fourth-order valence-electron chi connectivity index (χ4n) is 3.21. The van der Waals surface area contributed by atoms with Gasteiger partial charge in [-0.25, -0.2) is 4.79 Å². The quantitative estimate of drug-likeness (QED) is 0.801. The van der Waals surface area contributed by atoms with Crippen molar-refractivity contribution in [2.75, 3.05) is 20.8 Å². The Morgan fingerprint density at radius 1 is 0.960 bits per heavy atom. The Labute approximate surface area is 147 Å². The van der Waals surface area contributed by atoms with Crippen LogP contribution in [0.4, 0.5) is 0 Å². The van der Waals surface area contributed by atoms with Crippen LogP contribution in [-0.2, 0) is 4.74 Å². The number of esters is 1. The lowest BCUT2D eigenvalue weighted by Gasteiger charge is -2.25. The molecule has 0 unspecified atom stereocenters. The van der Waals surface area contributed by atoms with E-state index in [2.05, 4.69) is 4.74 Å². The van der Waals surface area contributed by atoms with Gasteiger partial charge < -0.3 is 14.4 Å². The standard InChI is InChI=1S/C20H21NO4/c1-24-17-11-9-14(10-12-17)18-4-3-13-21(18)19(22)15-5-7-16(8-6-15)20(23)25-2/h5-12,18H,3-4,13H2,1-2H3/t18-/m1/s1. The lowest BCUT2D eigenvalue weighted by atomic mass is 10.0. The summed E-state index contributed by atoms with van der Waals surface area (Å²) in [6, 6.07) is 14.5. The van der Waals surface area contributed by atoms with Gasteiger partial charge in [-0.1, -0.05) is 12.1 Å². The number of likely N-dealkylation sites (tertiary alicyclic amines) is 1. The molecule has 0 radical (unpaired) electrons. The van der Waals surface area contributed by atoms with E-state index in [9.17, 15) is 9.59 Å². The molecule has 1 amide bonds. The van der Waals surface area contributed by atoms with Crippen LogP contribution in [0.3, 0.4) is 0 Å². The first kappa shape index (κ1) is 17.0. The highest BCUT2D eigenvalue weighted by atomic mass is 16.5. The summed E-state index contributed by atoms with van der Waals surface area (Å²) in [5.74, 6) is 0.379. The summed E-state index contributed by atoms with van der Waals surface area (Å²) in [4.78, 5) is 26.3. The number of benzene rings is 2. The Bertz CT molecular complexity index is 752. The summed E-state index contributed by atoms with van der Waals surface area (Å²) in [6.07, 6.45) is 1.92. The predicted molar refractivity (Wildman–Crippen MR) is 93.8 cm³/mol. The van der Waals surface area contributed by atoms with Gasteiger partial charge in [0, 0.05) is 12.1 Å². The molecule has 1 atom stereocenters. The number of hydrogen-bond acceptors (Lipinski definition) is 4. The van der Waals surface area contributed by atoms with Gasteiger partial charge in [-0.3, -0.25) is 4.79 Å². The first-order chi connectivity index (χ1) is 12.1. The molecule has 1 aliphatic heterocycles. The number of rotatable bonds is 4. The lowest BCUT2D eigenvalue weighted by Crippen LogP contribution is -2.30. The van der Waals surface area contributed by atoms with Crippen LogP contribution in [0.2, 0.25) is 0 Å². The highest BCUT2D eigenvalue weighted by Gasteiger charge is 2.30. The number of amides is 1. The normalized spacial score (nSPS) is 16.6. The van der Waals surface area contributed by atoms with Crippen LogP contribution >= 0.6 is 0 Å². The van der Waals surface area contributed by atoms with E-state index in [-0.39, 0.29) is 11.9 Å². The molecule has 25 heavy (non-hydrogen) atoms. The van der Waals surface area contributed by atoms with Crippen LogP contribution in [0, 0.1) is 0 Å². The van der Waals surface area contributed by atoms with Gasteiger partial charge in [-0.05, 0) is 54.8 Å². The molecule has 2 aromatic carbocycles. The summed E-state index contributed by atoms with van der Waals surface area (Å²) in [7, 11) is 2.98. The average molecular weight is 339 g/mol. The molecule has 1 saturated heterocycles. The van der Waals surface area contributed by atoms with E-state index in [0.29, 0.717) is 11.1 Å². The summed E-state index contributed by atoms with van der Waals surface area (Å²) in [5.41, 5.74) is 2.12. The third-order valence-electron chi connectivity index (χ3n) is 4.57. The summed E-state index contributed by atoms with van der Waals surface area (Å²) in [5, 5.41) is 0. The monoisotopic (exact) mass is 339 g/mol. The summed E-state index contributed by atoms with van der Waals surface area (Å²) >= 11 is 0. The summed E-state index contributed by atoms with van der Waals surface area (Å²) < 4.78 is 9.88. The minimum absolute atomic E-state index is 0.0188. The van der Waals surface area contributed by atoms with Crippen molar-refractivity contribution in [1.82, 2.24) is 4.90 Å². The first-order valence-corrected chi connectivity index (χ1v) is 8.27. The van der Waals surface area contributed by atoms with Crippen LogP contribution in [-0.4, -0.2) is 37.5 Å². The van der Waals surface area contributed by atoms with Gasteiger partial charge in [0.1, 0.15) is 5.75 Å². The molecule has 5 heteroatoms. The Balaban J connectivity index is 1.79. The van der Waals surface area contributed by atoms with E-state index in [1.807, 2.05) is 29.2 Å². The molecule has 0 aromatic heterocycles. The minimum Gasteiger partial charge on any atom is -0.497 e. The maximum atomic E-state index is 12.9. The fraction of sp³-hybridized carbons (Fsp3) is 0.300. The average Bonchev–Trinajstić information content (AvgIpc) is 3.16. The van der Waals surface area contributed by atoms with Crippen molar-refractivity contribution in [3.8, 4) is 5.75 Å². The van der Waals surface area contributed by atoms with Crippen molar-refractivity contribution in [3.63, 3.8) is 0 Å². The zero-order valence-corrected chi connectivity index (χ0v) is 14.4. The second-order valence-corrected chi connectivity index (χ2v) is 6.00. The van der Waals surface area contributed by atoms with Crippen molar-refractivity contribution in [3.05, 3.63) is 65.2 Å². The highest BCUT2D eigenvalue weighted by Crippen LogP contribution is 2.33. The molecule has 1 fully saturated rings. The smallest absolute Gasteiger partial charge is 0.337 e. The Morgan fingerprint density at radius 2 is 1.60 bits per heavy atom. The van der Waals surface area contributed by atoms with E-state index in [1.165, 1.54) is 7.11 Å². The number of methoxy groups -OCH3 is 2. The fourth-order valence-corrected chi connectivity index (χ4v) is 3.21. The molecule has 130 valence electrons. The van der Waals surface area contributed by atoms with E-state index in [4.69, 9.17) is 4.74 Å². The second-order valence-electron chi connectivity index (χ2n) is 6.00. The first-order valence-electron chi connectivity index (χ1n) is 8.27. The highest BCUT2D eigenvalue weighted by molar-refractivity contribution is 5.96. The minimum atomic E-state index is -0.406. The van der Waals surface area contributed by atoms with Gasteiger partial charge in [0.25, 0.3) is 5.91 Å². The lowest BCUT2D eigenvalue weighted by molar-refractivity contribution is 0.0599. The SMILES string of the molecule is COC(=O)c1ccc(C(=O)N2CCC[C@@H]2c2ccc(OC)cc2)cc1. The Hall–Kier alpha value is -2.82. The molecule has 0 saturated carbocycles. The van der Waals surface area contributed by atoms with Crippen LogP contribution in [0.1, 0.15) is 45.2 Å². The number of hydrogen-bond donors (Lipinski definition) is 0. The molecule has 3 rings (SSSR count). The number of carbonyl (C=O) groups excluding carboxylic acids is 2. The maximum absolute atomic E-state index is 12.9. The van der Waals surface area contributed by atoms with Crippen molar-refractivity contribution in [2.24, 2.45) is 0 Å². The van der Waals surface area contributed by atoms with Crippen LogP contribution in [0.15, 0.2) is 48.5 Å². The van der Waals surface area contributed by atoms with Crippen molar-refractivity contribution in [2.45, 2.75) is 18.9 Å². The van der Waals surface area contributed by atoms with E-state index in [0.717, 1.165) is 30.7 Å². The number of nitrogens with zero attached hydrogens (tertiary/aromatic N) is 1. The van der Waals surface area contributed by atoms with E-state index < -0.39 is 5.97 Å². The van der Waals surface area contributed by atoms with Crippen LogP contribution in [0.25, 0.3) is 0 Å². The molecule has 0 bridgehead atoms. The zero-order valence-electron chi connectivity index (χ0n) is 14.4. The largest absolute Gasteiger partial charge is 0.497 e. The van der Waals surface area contributed by atoms with Gasteiger partial charge in [-0.2, -0.15) is 0 Å². The topological polar surface area (TPSA) is 55.8 Å². The van der Waals surface area contributed by atoms with Gasteiger partial charge in [-0.15, -0.1) is 0 Å². The number of carbonyl (C=O) groups is 2. The molecule has 0 spiro atoms. The van der Waals surface area contributed by atoms with Gasteiger partial charge in [0.15, 0.2) is 0 Å². The van der Waals surface area contributed by atoms with Crippen LogP contribution < -0.4 is 4.74 Å². The van der Waals surface area contributed by atoms with Crippen LogP contribution in [0.5, 0.6) is 5.75 Å².